The number of hydrogen-bond acceptors (Lipinski definition) is 2. The highest BCUT2D eigenvalue weighted by atomic mass is 35.5. The van der Waals surface area contributed by atoms with Gasteiger partial charge in [0.15, 0.2) is 11.6 Å². The molecule has 2 N–H and O–H groups in total. The van der Waals surface area contributed by atoms with Crippen molar-refractivity contribution in [2.75, 3.05) is 18.4 Å². The molecule has 1 saturated heterocycles. The Bertz CT molecular complexity index is 762. The monoisotopic (exact) mass is 379 g/mol. The summed E-state index contributed by atoms with van der Waals surface area (Å²) < 4.78 is 26.1. The first kappa shape index (κ1) is 18.6. The number of urea groups is 1. The Morgan fingerprint density at radius 1 is 1.08 bits per heavy atom. The number of nitrogens with zero attached hydrogens (tertiary/aromatic N) is 1. The van der Waals surface area contributed by atoms with Gasteiger partial charge in [-0.25, -0.2) is 13.6 Å². The van der Waals surface area contributed by atoms with Crippen LogP contribution < -0.4 is 10.6 Å². The number of anilines is 1. The van der Waals surface area contributed by atoms with Gasteiger partial charge in [0.25, 0.3) is 0 Å². The lowest BCUT2D eigenvalue weighted by atomic mass is 10.0. The molecule has 0 radical (unpaired) electrons. The first-order valence-corrected chi connectivity index (χ1v) is 8.87. The molecule has 26 heavy (non-hydrogen) atoms. The minimum Gasteiger partial charge on any atom is -0.335 e. The Morgan fingerprint density at radius 3 is 2.42 bits per heavy atom. The number of carbonyl (C=O) groups excluding carboxylic acids is 1. The molecule has 1 aliphatic rings. The molecule has 0 saturated carbocycles. The summed E-state index contributed by atoms with van der Waals surface area (Å²) in [5.74, 6) is -1.93. The largest absolute Gasteiger partial charge is 0.335 e. The first-order valence-electron chi connectivity index (χ1n) is 8.49. The quantitative estimate of drug-likeness (QED) is 0.826. The van der Waals surface area contributed by atoms with Crippen LogP contribution in [0.5, 0.6) is 0 Å². The van der Waals surface area contributed by atoms with Gasteiger partial charge < -0.3 is 10.6 Å². The van der Waals surface area contributed by atoms with E-state index in [4.69, 9.17) is 11.6 Å². The highest BCUT2D eigenvalue weighted by molar-refractivity contribution is 6.30. The third-order valence-corrected chi connectivity index (χ3v) is 4.67. The number of carbonyl (C=O) groups is 1. The number of likely N-dealkylation sites (tertiary alicyclic amines) is 1. The summed E-state index contributed by atoms with van der Waals surface area (Å²) in [6.07, 6.45) is 1.66. The van der Waals surface area contributed by atoms with Crippen molar-refractivity contribution in [3.8, 4) is 0 Å². The average molecular weight is 380 g/mol. The Kier molecular flexibility index (Phi) is 6.06. The van der Waals surface area contributed by atoms with Gasteiger partial charge in [-0.1, -0.05) is 23.7 Å². The minimum absolute atomic E-state index is 0.0572. The van der Waals surface area contributed by atoms with E-state index >= 15 is 0 Å². The van der Waals surface area contributed by atoms with Crippen LogP contribution in [0.4, 0.5) is 19.3 Å². The molecule has 4 nitrogen and oxygen atoms in total. The van der Waals surface area contributed by atoms with E-state index in [1.54, 1.807) is 0 Å². The third-order valence-electron chi connectivity index (χ3n) is 4.42. The molecular weight excluding hydrogens is 360 g/mol. The van der Waals surface area contributed by atoms with E-state index < -0.39 is 17.7 Å². The van der Waals surface area contributed by atoms with Crippen molar-refractivity contribution in [1.82, 2.24) is 10.2 Å². The minimum atomic E-state index is -0.988. The SMILES string of the molecule is O=C(Nc1ccc(F)c(F)c1)NC1CCN(Cc2ccc(Cl)cc2)CC1. The number of benzene rings is 2. The summed E-state index contributed by atoms with van der Waals surface area (Å²) in [7, 11) is 0. The van der Waals surface area contributed by atoms with E-state index in [0.29, 0.717) is 0 Å². The van der Waals surface area contributed by atoms with Gasteiger partial charge in [-0.05, 0) is 42.7 Å². The van der Waals surface area contributed by atoms with E-state index in [0.717, 1.165) is 49.6 Å². The fourth-order valence-electron chi connectivity index (χ4n) is 3.01. The maximum Gasteiger partial charge on any atom is 0.319 e. The highest BCUT2D eigenvalue weighted by Crippen LogP contribution is 2.17. The zero-order chi connectivity index (χ0) is 18.5. The van der Waals surface area contributed by atoms with Crippen molar-refractivity contribution in [2.24, 2.45) is 0 Å². The maximum atomic E-state index is 13.2. The predicted octanol–water partition coefficient (Wildman–Crippen LogP) is 4.40. The Balaban J connectivity index is 1.43. The molecule has 0 unspecified atom stereocenters. The molecule has 0 aliphatic carbocycles. The van der Waals surface area contributed by atoms with Crippen LogP contribution in [-0.4, -0.2) is 30.1 Å². The molecule has 2 amide bonds. The molecule has 0 atom stereocenters. The Morgan fingerprint density at radius 2 is 1.77 bits per heavy atom. The van der Waals surface area contributed by atoms with Gasteiger partial charge in [-0.15, -0.1) is 0 Å². The molecule has 2 aromatic carbocycles. The molecular formula is C19H20ClF2N3O. The number of hydrogen-bond donors (Lipinski definition) is 2. The molecule has 7 heteroatoms. The molecule has 0 spiro atoms. The normalized spacial score (nSPS) is 15.7. The van der Waals surface area contributed by atoms with Crippen LogP contribution in [0.25, 0.3) is 0 Å². The molecule has 0 bridgehead atoms. The summed E-state index contributed by atoms with van der Waals surface area (Å²) in [5, 5.41) is 6.14. The van der Waals surface area contributed by atoms with Crippen molar-refractivity contribution in [2.45, 2.75) is 25.4 Å². The molecule has 2 aromatic rings. The topological polar surface area (TPSA) is 44.4 Å². The van der Waals surface area contributed by atoms with Crippen molar-refractivity contribution < 1.29 is 13.6 Å². The second kappa shape index (κ2) is 8.47. The number of rotatable bonds is 4. The van der Waals surface area contributed by atoms with Crippen LogP contribution in [0.1, 0.15) is 18.4 Å². The van der Waals surface area contributed by atoms with Gasteiger partial charge >= 0.3 is 6.03 Å². The van der Waals surface area contributed by atoms with Gasteiger partial charge in [-0.2, -0.15) is 0 Å². The lowest BCUT2D eigenvalue weighted by Crippen LogP contribution is -2.45. The van der Waals surface area contributed by atoms with Gasteiger partial charge in [-0.3, -0.25) is 4.90 Å². The average Bonchev–Trinajstić information content (AvgIpc) is 2.62. The summed E-state index contributed by atoms with van der Waals surface area (Å²) in [4.78, 5) is 14.3. The zero-order valence-corrected chi connectivity index (χ0v) is 14.9. The van der Waals surface area contributed by atoms with E-state index in [9.17, 15) is 13.6 Å². The second-order valence-corrected chi connectivity index (χ2v) is 6.84. The van der Waals surface area contributed by atoms with Crippen LogP contribution in [0.15, 0.2) is 42.5 Å². The van der Waals surface area contributed by atoms with Crippen molar-refractivity contribution in [3.63, 3.8) is 0 Å². The molecule has 1 heterocycles. The van der Waals surface area contributed by atoms with E-state index in [-0.39, 0.29) is 11.7 Å². The van der Waals surface area contributed by atoms with E-state index in [2.05, 4.69) is 15.5 Å². The van der Waals surface area contributed by atoms with Crippen molar-refractivity contribution >= 4 is 23.3 Å². The van der Waals surface area contributed by atoms with E-state index in [1.807, 2.05) is 24.3 Å². The number of piperidine rings is 1. The molecule has 138 valence electrons. The molecule has 0 aromatic heterocycles. The lowest BCUT2D eigenvalue weighted by Gasteiger charge is -2.32. The fraction of sp³-hybridized carbons (Fsp3) is 0.316. The maximum absolute atomic E-state index is 13.2. The molecule has 1 aliphatic heterocycles. The summed E-state index contributed by atoms with van der Waals surface area (Å²) in [6, 6.07) is 10.7. The Hall–Kier alpha value is -2.18. The Labute approximate surface area is 156 Å². The van der Waals surface area contributed by atoms with Gasteiger partial charge in [0, 0.05) is 42.5 Å². The van der Waals surface area contributed by atoms with Crippen LogP contribution in [0, 0.1) is 11.6 Å². The van der Waals surface area contributed by atoms with Crippen LogP contribution in [-0.2, 0) is 6.54 Å². The van der Waals surface area contributed by atoms with Gasteiger partial charge in [0.2, 0.25) is 0 Å². The lowest BCUT2D eigenvalue weighted by molar-refractivity contribution is 0.190. The smallest absolute Gasteiger partial charge is 0.319 e. The standard InChI is InChI=1S/C19H20ClF2N3O/c20-14-3-1-13(2-4-14)12-25-9-7-15(8-10-25)23-19(26)24-16-5-6-17(21)18(22)11-16/h1-6,11,15H,7-10,12H2,(H2,23,24,26). The summed E-state index contributed by atoms with van der Waals surface area (Å²) >= 11 is 5.90. The van der Waals surface area contributed by atoms with Gasteiger partial charge in [0.1, 0.15) is 0 Å². The number of halogens is 3. The summed E-state index contributed by atoms with van der Waals surface area (Å²) in [6.45, 7) is 2.60. The van der Waals surface area contributed by atoms with Crippen molar-refractivity contribution in [3.05, 3.63) is 64.7 Å². The second-order valence-electron chi connectivity index (χ2n) is 6.40. The number of nitrogens with one attached hydrogen (secondary N) is 2. The third kappa shape index (κ3) is 5.16. The summed E-state index contributed by atoms with van der Waals surface area (Å²) in [5.41, 5.74) is 1.43. The van der Waals surface area contributed by atoms with Crippen LogP contribution >= 0.6 is 11.6 Å². The zero-order valence-electron chi connectivity index (χ0n) is 14.1. The predicted molar refractivity (Wildman–Crippen MR) is 98.3 cm³/mol. The molecule has 1 fully saturated rings. The van der Waals surface area contributed by atoms with E-state index in [1.165, 1.54) is 11.6 Å². The van der Waals surface area contributed by atoms with Gasteiger partial charge in [0.05, 0.1) is 0 Å². The number of amides is 2. The first-order chi connectivity index (χ1) is 12.5. The molecule has 3 rings (SSSR count). The van der Waals surface area contributed by atoms with Crippen LogP contribution in [0.2, 0.25) is 5.02 Å². The van der Waals surface area contributed by atoms with Crippen molar-refractivity contribution in [1.29, 1.82) is 0 Å². The fourth-order valence-corrected chi connectivity index (χ4v) is 3.14. The highest BCUT2D eigenvalue weighted by Gasteiger charge is 2.20. The van der Waals surface area contributed by atoms with Crippen LogP contribution in [0.3, 0.4) is 0 Å².